The molecule has 2 aromatic carbocycles. The number of tetrazole rings is 1. The van der Waals surface area contributed by atoms with E-state index in [1.807, 2.05) is 55.5 Å². The minimum absolute atomic E-state index is 0.0244. The number of nitrogens with one attached hydrogen (secondary N) is 1. The highest BCUT2D eigenvalue weighted by Gasteiger charge is 2.51. The van der Waals surface area contributed by atoms with Gasteiger partial charge in [-0.05, 0) is 41.2 Å². The molecule has 0 spiro atoms. The van der Waals surface area contributed by atoms with Gasteiger partial charge in [0.15, 0.2) is 23.1 Å². The molecular weight excluding hydrogens is 832 g/mol. The summed E-state index contributed by atoms with van der Waals surface area (Å²) in [5.41, 5.74) is 3.43. The third-order valence-electron chi connectivity index (χ3n) is 9.61. The highest BCUT2D eigenvalue weighted by atomic mass is 35.5. The van der Waals surface area contributed by atoms with Crippen molar-refractivity contribution in [1.29, 1.82) is 0 Å². The SMILES string of the molecule is CCCCc1nc(Cl)c(C(=O)OC(C)OC(=O)O[C@H]2COC3C2OC[C@H]3OC(=O)CCCC(CO[N+](=O)[O-])O[N+](=O)[O-])n1Cc1ccc(-c2ccccc2-c2nn[nH]n2)cc1. The lowest BCUT2D eigenvalue weighted by Gasteiger charge is -2.19. The average molecular weight is 873 g/mol. The summed E-state index contributed by atoms with van der Waals surface area (Å²) in [4.78, 5) is 73.0. The lowest BCUT2D eigenvalue weighted by molar-refractivity contribution is -0.790. The minimum Gasteiger partial charge on any atom is -0.457 e. The van der Waals surface area contributed by atoms with Gasteiger partial charge in [-0.25, -0.2) is 14.6 Å². The van der Waals surface area contributed by atoms with Gasteiger partial charge in [0.1, 0.15) is 30.7 Å². The van der Waals surface area contributed by atoms with Gasteiger partial charge < -0.3 is 42.7 Å². The van der Waals surface area contributed by atoms with Gasteiger partial charge in [0.05, 0.1) is 13.2 Å². The van der Waals surface area contributed by atoms with Crippen LogP contribution >= 0.6 is 11.6 Å². The Morgan fingerprint density at radius 2 is 1.67 bits per heavy atom. The first-order valence-electron chi connectivity index (χ1n) is 19.2. The Morgan fingerprint density at radius 1 is 0.967 bits per heavy atom. The molecule has 0 bridgehead atoms. The van der Waals surface area contributed by atoms with Crippen molar-refractivity contribution < 1.29 is 62.7 Å². The van der Waals surface area contributed by atoms with E-state index >= 15 is 0 Å². The van der Waals surface area contributed by atoms with Crippen LogP contribution in [0.25, 0.3) is 22.5 Å². The molecule has 0 radical (unpaired) electrons. The number of halogens is 1. The topological polar surface area (TPSA) is 284 Å². The Morgan fingerprint density at radius 3 is 2.33 bits per heavy atom. The van der Waals surface area contributed by atoms with Crippen LogP contribution in [0.5, 0.6) is 0 Å². The van der Waals surface area contributed by atoms with Gasteiger partial charge in [-0.2, -0.15) is 5.21 Å². The van der Waals surface area contributed by atoms with Gasteiger partial charge in [-0.3, -0.25) is 4.79 Å². The minimum atomic E-state index is -1.42. The molecule has 0 aliphatic carbocycles. The second-order valence-electron chi connectivity index (χ2n) is 13.8. The molecule has 326 valence electrons. The molecule has 4 unspecified atom stereocenters. The summed E-state index contributed by atoms with van der Waals surface area (Å²) in [6.07, 6.45) is -5.38. The number of H-pyrrole nitrogens is 1. The van der Waals surface area contributed by atoms with E-state index in [1.54, 1.807) is 4.57 Å². The highest BCUT2D eigenvalue weighted by Crippen LogP contribution is 2.32. The van der Waals surface area contributed by atoms with Gasteiger partial charge in [-0.15, -0.1) is 30.4 Å². The number of carbonyl (C=O) groups is 3. The number of rotatable bonds is 21. The molecule has 4 heterocycles. The molecule has 4 aromatic rings. The predicted octanol–water partition coefficient (Wildman–Crippen LogP) is 4.46. The van der Waals surface area contributed by atoms with Crippen LogP contribution in [0.2, 0.25) is 5.15 Å². The lowest BCUT2D eigenvalue weighted by Crippen LogP contribution is -2.36. The molecule has 0 amide bonds. The van der Waals surface area contributed by atoms with Crippen molar-refractivity contribution in [2.75, 3.05) is 19.8 Å². The number of nitrogens with zero attached hydrogens (tertiary/aromatic N) is 7. The quantitative estimate of drug-likeness (QED) is 0.0397. The fourth-order valence-electron chi connectivity index (χ4n) is 6.82. The molecule has 24 heteroatoms. The first-order chi connectivity index (χ1) is 29.4. The van der Waals surface area contributed by atoms with E-state index in [0.29, 0.717) is 18.1 Å². The van der Waals surface area contributed by atoms with Crippen molar-refractivity contribution in [3.63, 3.8) is 0 Å². The van der Waals surface area contributed by atoms with Crippen LogP contribution in [0, 0.1) is 20.2 Å². The number of ether oxygens (including phenoxy) is 6. The molecule has 2 saturated heterocycles. The van der Waals surface area contributed by atoms with E-state index in [1.165, 1.54) is 6.92 Å². The van der Waals surface area contributed by atoms with Crippen molar-refractivity contribution in [3.05, 3.63) is 91.0 Å². The number of unbranched alkanes of at least 4 members (excludes halogenated alkanes) is 1. The number of fused-ring (bicyclic) bond motifs is 1. The van der Waals surface area contributed by atoms with Gasteiger partial charge in [0, 0.05) is 31.9 Å². The number of aromatic nitrogens is 6. The first kappa shape index (κ1) is 44.1. The summed E-state index contributed by atoms with van der Waals surface area (Å²) in [7, 11) is 0. The first-order valence-corrected chi connectivity index (χ1v) is 19.5. The zero-order valence-corrected chi connectivity index (χ0v) is 33.5. The van der Waals surface area contributed by atoms with Crippen LogP contribution < -0.4 is 0 Å². The number of benzene rings is 2. The molecule has 61 heavy (non-hydrogen) atoms. The van der Waals surface area contributed by atoms with Crippen LogP contribution in [0.1, 0.15) is 67.8 Å². The monoisotopic (exact) mass is 872 g/mol. The molecule has 1 N–H and O–H groups in total. The maximum atomic E-state index is 13.6. The zero-order valence-electron chi connectivity index (χ0n) is 32.8. The molecule has 6 rings (SSSR count). The zero-order chi connectivity index (χ0) is 43.5. The molecular formula is C37H41ClN8O15. The second kappa shape index (κ2) is 20.7. The van der Waals surface area contributed by atoms with Crippen molar-refractivity contribution in [3.8, 4) is 22.5 Å². The number of imidazole rings is 1. The number of esters is 2. The third kappa shape index (κ3) is 11.6. The van der Waals surface area contributed by atoms with E-state index < -0.39 is 71.7 Å². The van der Waals surface area contributed by atoms with Crippen molar-refractivity contribution in [2.24, 2.45) is 0 Å². The largest absolute Gasteiger partial charge is 0.511 e. The summed E-state index contributed by atoms with van der Waals surface area (Å²) in [5.74, 6) is -0.541. The maximum absolute atomic E-state index is 13.6. The highest BCUT2D eigenvalue weighted by molar-refractivity contribution is 6.32. The predicted molar refractivity (Wildman–Crippen MR) is 204 cm³/mol. The van der Waals surface area contributed by atoms with Crippen LogP contribution in [0.3, 0.4) is 0 Å². The van der Waals surface area contributed by atoms with Crippen molar-refractivity contribution in [2.45, 2.75) is 95.7 Å². The number of hydrogen-bond donors (Lipinski definition) is 1. The fourth-order valence-corrected chi connectivity index (χ4v) is 7.09. The van der Waals surface area contributed by atoms with E-state index in [-0.39, 0.29) is 49.9 Å². The van der Waals surface area contributed by atoms with Gasteiger partial charge in [-0.1, -0.05) is 73.5 Å². The maximum Gasteiger partial charge on any atom is 0.511 e. The Kier molecular flexibility index (Phi) is 15.0. The van der Waals surface area contributed by atoms with Gasteiger partial charge in [0.25, 0.3) is 10.2 Å². The molecule has 2 aliphatic heterocycles. The standard InChI is InChI=1S/C37H41ClN8O15/c1-3-4-11-29-39-34(38)31(44(29)17-22-13-15-23(16-14-22)25-9-5-6-10-26(25)35-40-42-43-41-35)36(48)57-21(2)58-37(49)60-28-20-55-32-27(19-54-33(28)32)59-30(47)12-7-8-24(61-46(52)53)18-56-45(50)51/h5-6,9-10,13-16,21,24,27-28,32-33H,3-4,7-8,11-12,17-20H2,1-2H3,(H,40,41,42,43)/t21?,24?,27-,28+,32?,33?/m1/s1. The third-order valence-corrected chi connectivity index (χ3v) is 9.87. The van der Waals surface area contributed by atoms with Crippen molar-refractivity contribution >= 4 is 29.7 Å². The molecule has 2 aliphatic rings. The fraction of sp³-hybridized carbons (Fsp3) is 0.486. The summed E-state index contributed by atoms with van der Waals surface area (Å²) >= 11 is 6.54. The van der Waals surface area contributed by atoms with Crippen LogP contribution in [-0.2, 0) is 55.9 Å². The molecule has 2 aromatic heterocycles. The molecule has 23 nitrogen and oxygen atoms in total. The Bertz CT molecular complexity index is 2160. The number of carbonyl (C=O) groups excluding carboxylic acids is 3. The van der Waals surface area contributed by atoms with Crippen LogP contribution in [-0.4, -0.2) is 115 Å². The van der Waals surface area contributed by atoms with E-state index in [2.05, 4.69) is 35.3 Å². The molecule has 6 atom stereocenters. The van der Waals surface area contributed by atoms with E-state index in [9.17, 15) is 34.6 Å². The molecule has 0 saturated carbocycles. The molecule has 2 fully saturated rings. The normalized spacial score (nSPS) is 19.0. The van der Waals surface area contributed by atoms with Crippen LogP contribution in [0.15, 0.2) is 48.5 Å². The van der Waals surface area contributed by atoms with E-state index in [0.717, 1.165) is 35.1 Å². The number of hydrogen-bond acceptors (Lipinski definition) is 19. The van der Waals surface area contributed by atoms with E-state index in [4.69, 9.17) is 40.0 Å². The lowest BCUT2D eigenvalue weighted by atomic mass is 9.98. The Balaban J connectivity index is 1.01. The summed E-state index contributed by atoms with van der Waals surface area (Å²) in [6, 6.07) is 15.4. The van der Waals surface area contributed by atoms with Crippen LogP contribution in [0.4, 0.5) is 4.79 Å². The summed E-state index contributed by atoms with van der Waals surface area (Å²) in [5, 5.41) is 33.2. The smallest absolute Gasteiger partial charge is 0.457 e. The average Bonchev–Trinajstić information content (AvgIpc) is 4.03. The number of aryl methyl sites for hydroxylation is 1. The summed E-state index contributed by atoms with van der Waals surface area (Å²) < 4.78 is 34.7. The van der Waals surface area contributed by atoms with Gasteiger partial charge in [0.2, 0.25) is 12.1 Å². The summed E-state index contributed by atoms with van der Waals surface area (Å²) in [6.45, 7) is 2.69. The van der Waals surface area contributed by atoms with Gasteiger partial charge >= 0.3 is 18.1 Å². The second-order valence-corrected chi connectivity index (χ2v) is 14.2. The Labute approximate surface area is 351 Å². The number of aromatic amines is 1. The van der Waals surface area contributed by atoms with Crippen molar-refractivity contribution in [1.82, 2.24) is 30.2 Å². The Hall–Kier alpha value is -6.46.